The highest BCUT2D eigenvalue weighted by Crippen LogP contribution is 2.63. The Bertz CT molecular complexity index is 498. The van der Waals surface area contributed by atoms with Crippen LogP contribution in [0.2, 0.25) is 5.15 Å². The standard InChI is InChI=1S/C13H17ClN2O2/c1-12(2)11(13(12,3)4)16-9-6-7(10(17)18)5-8(14)15-9/h5-6,11H,1-4H3,(H,15,16)(H,17,18). The van der Waals surface area contributed by atoms with Gasteiger partial charge in [-0.2, -0.15) is 0 Å². The molecule has 4 nitrogen and oxygen atoms in total. The number of nitrogens with zero attached hydrogens (tertiary/aromatic N) is 1. The smallest absolute Gasteiger partial charge is 0.335 e. The first-order chi connectivity index (χ1) is 8.16. The molecule has 5 heteroatoms. The largest absolute Gasteiger partial charge is 0.478 e. The van der Waals surface area contributed by atoms with Gasteiger partial charge in [0.25, 0.3) is 0 Å². The number of aromatic carboxylic acids is 1. The molecule has 0 radical (unpaired) electrons. The molecule has 1 heterocycles. The number of hydrogen-bond donors (Lipinski definition) is 2. The van der Waals surface area contributed by atoms with E-state index in [0.717, 1.165) is 0 Å². The summed E-state index contributed by atoms with van der Waals surface area (Å²) in [5.41, 5.74) is 0.453. The fraction of sp³-hybridized carbons (Fsp3) is 0.538. The highest BCUT2D eigenvalue weighted by atomic mass is 35.5. The molecule has 0 atom stereocenters. The predicted molar refractivity (Wildman–Crippen MR) is 71.2 cm³/mol. The van der Waals surface area contributed by atoms with Crippen molar-refractivity contribution in [2.24, 2.45) is 10.8 Å². The maximum atomic E-state index is 10.9. The molecule has 1 aliphatic carbocycles. The van der Waals surface area contributed by atoms with E-state index in [1.165, 1.54) is 12.1 Å². The van der Waals surface area contributed by atoms with Crippen LogP contribution in [0.1, 0.15) is 38.1 Å². The molecule has 1 saturated carbocycles. The summed E-state index contributed by atoms with van der Waals surface area (Å²) in [7, 11) is 0. The fourth-order valence-electron chi connectivity index (χ4n) is 2.40. The van der Waals surface area contributed by atoms with Gasteiger partial charge in [-0.25, -0.2) is 9.78 Å². The van der Waals surface area contributed by atoms with E-state index in [2.05, 4.69) is 38.0 Å². The lowest BCUT2D eigenvalue weighted by Crippen LogP contribution is -2.12. The summed E-state index contributed by atoms with van der Waals surface area (Å²) in [5, 5.41) is 12.4. The monoisotopic (exact) mass is 268 g/mol. The summed E-state index contributed by atoms with van der Waals surface area (Å²) in [6, 6.07) is 3.12. The number of hydrogen-bond acceptors (Lipinski definition) is 3. The van der Waals surface area contributed by atoms with Gasteiger partial charge in [0, 0.05) is 6.04 Å². The van der Waals surface area contributed by atoms with E-state index >= 15 is 0 Å². The first-order valence-corrected chi connectivity index (χ1v) is 6.21. The number of carbonyl (C=O) groups is 1. The van der Waals surface area contributed by atoms with Gasteiger partial charge in [0.15, 0.2) is 0 Å². The second-order valence-electron chi connectivity index (χ2n) is 5.89. The van der Waals surface area contributed by atoms with Crippen LogP contribution in [0.25, 0.3) is 0 Å². The fourth-order valence-corrected chi connectivity index (χ4v) is 2.61. The van der Waals surface area contributed by atoms with Crippen LogP contribution in [0.15, 0.2) is 12.1 Å². The first-order valence-electron chi connectivity index (χ1n) is 5.83. The SMILES string of the molecule is CC1(C)C(Nc2cc(C(=O)O)cc(Cl)n2)C1(C)C. The van der Waals surface area contributed by atoms with Gasteiger partial charge in [-0.05, 0) is 23.0 Å². The Hall–Kier alpha value is -1.29. The quantitative estimate of drug-likeness (QED) is 0.826. The van der Waals surface area contributed by atoms with Crippen molar-refractivity contribution < 1.29 is 9.90 Å². The van der Waals surface area contributed by atoms with E-state index in [-0.39, 0.29) is 27.6 Å². The molecular weight excluding hydrogens is 252 g/mol. The number of carboxylic acids is 1. The zero-order chi connectivity index (χ0) is 13.7. The van der Waals surface area contributed by atoms with Crippen LogP contribution >= 0.6 is 11.6 Å². The minimum atomic E-state index is -1.00. The van der Waals surface area contributed by atoms with Gasteiger partial charge in [-0.3, -0.25) is 0 Å². The molecule has 2 rings (SSSR count). The molecule has 1 aliphatic rings. The van der Waals surface area contributed by atoms with E-state index in [0.29, 0.717) is 5.82 Å². The predicted octanol–water partition coefficient (Wildman–Crippen LogP) is 3.28. The Morgan fingerprint density at radius 2 is 1.89 bits per heavy atom. The lowest BCUT2D eigenvalue weighted by molar-refractivity contribution is 0.0697. The second-order valence-corrected chi connectivity index (χ2v) is 6.28. The molecule has 98 valence electrons. The Morgan fingerprint density at radius 3 is 2.33 bits per heavy atom. The third kappa shape index (κ3) is 1.94. The van der Waals surface area contributed by atoms with Crippen LogP contribution in [0.3, 0.4) is 0 Å². The number of nitrogens with one attached hydrogen (secondary N) is 1. The molecule has 1 aromatic rings. The molecular formula is C13H17ClN2O2. The minimum Gasteiger partial charge on any atom is -0.478 e. The summed E-state index contributed by atoms with van der Waals surface area (Å²) in [4.78, 5) is 15.1. The summed E-state index contributed by atoms with van der Waals surface area (Å²) >= 11 is 5.83. The van der Waals surface area contributed by atoms with E-state index in [1.807, 2.05) is 0 Å². The lowest BCUT2D eigenvalue weighted by atomic mass is 10.0. The van der Waals surface area contributed by atoms with Crippen LogP contribution in [-0.4, -0.2) is 22.1 Å². The highest BCUT2D eigenvalue weighted by Gasteiger charge is 2.65. The maximum absolute atomic E-state index is 10.9. The average Bonchev–Trinajstić information content (AvgIpc) is 2.60. The minimum absolute atomic E-state index is 0.147. The molecule has 0 aromatic carbocycles. The third-order valence-electron chi connectivity index (χ3n) is 4.35. The molecule has 0 unspecified atom stereocenters. The third-order valence-corrected chi connectivity index (χ3v) is 4.55. The molecule has 18 heavy (non-hydrogen) atoms. The van der Waals surface area contributed by atoms with Crippen LogP contribution < -0.4 is 5.32 Å². The molecule has 0 aliphatic heterocycles. The zero-order valence-electron chi connectivity index (χ0n) is 10.9. The van der Waals surface area contributed by atoms with Crippen molar-refractivity contribution in [1.82, 2.24) is 4.98 Å². The van der Waals surface area contributed by atoms with E-state index in [4.69, 9.17) is 16.7 Å². The molecule has 0 bridgehead atoms. The van der Waals surface area contributed by atoms with Crippen LogP contribution in [0.4, 0.5) is 5.82 Å². The van der Waals surface area contributed by atoms with E-state index in [1.54, 1.807) is 0 Å². The van der Waals surface area contributed by atoms with E-state index < -0.39 is 5.97 Å². The average molecular weight is 269 g/mol. The zero-order valence-corrected chi connectivity index (χ0v) is 11.7. The van der Waals surface area contributed by atoms with Crippen molar-refractivity contribution in [1.29, 1.82) is 0 Å². The second kappa shape index (κ2) is 3.85. The van der Waals surface area contributed by atoms with Crippen molar-refractivity contribution in [2.75, 3.05) is 5.32 Å². The van der Waals surface area contributed by atoms with Gasteiger partial charge in [0.1, 0.15) is 11.0 Å². The molecule has 0 spiro atoms. The van der Waals surface area contributed by atoms with Gasteiger partial charge in [0.05, 0.1) is 5.56 Å². The Morgan fingerprint density at radius 1 is 1.33 bits per heavy atom. The van der Waals surface area contributed by atoms with Gasteiger partial charge in [0.2, 0.25) is 0 Å². The number of anilines is 1. The lowest BCUT2D eigenvalue weighted by Gasteiger charge is -2.08. The number of carboxylic acid groups (broad SMARTS) is 1. The molecule has 0 amide bonds. The summed E-state index contributed by atoms with van der Waals surface area (Å²) in [5.74, 6) is -0.486. The number of pyridine rings is 1. The van der Waals surface area contributed by atoms with Gasteiger partial charge in [-0.15, -0.1) is 0 Å². The van der Waals surface area contributed by atoms with Gasteiger partial charge < -0.3 is 10.4 Å². The summed E-state index contributed by atoms with van der Waals surface area (Å²) in [6.45, 7) is 8.70. The van der Waals surface area contributed by atoms with Crippen LogP contribution in [0.5, 0.6) is 0 Å². The van der Waals surface area contributed by atoms with Crippen LogP contribution in [-0.2, 0) is 0 Å². The van der Waals surface area contributed by atoms with Gasteiger partial charge >= 0.3 is 5.97 Å². The van der Waals surface area contributed by atoms with Crippen molar-refractivity contribution in [3.8, 4) is 0 Å². The maximum Gasteiger partial charge on any atom is 0.335 e. The molecule has 1 aromatic heterocycles. The first kappa shape index (κ1) is 13.1. The van der Waals surface area contributed by atoms with Crippen molar-refractivity contribution in [2.45, 2.75) is 33.7 Å². The van der Waals surface area contributed by atoms with Crippen molar-refractivity contribution >= 4 is 23.4 Å². The van der Waals surface area contributed by atoms with Gasteiger partial charge in [-0.1, -0.05) is 39.3 Å². The Balaban J connectivity index is 2.24. The van der Waals surface area contributed by atoms with Crippen molar-refractivity contribution in [3.05, 3.63) is 22.8 Å². The Kier molecular flexibility index (Phi) is 2.81. The topological polar surface area (TPSA) is 62.2 Å². The highest BCUT2D eigenvalue weighted by molar-refractivity contribution is 6.29. The number of halogens is 1. The molecule has 1 fully saturated rings. The summed E-state index contributed by atoms with van der Waals surface area (Å²) in [6.07, 6.45) is 0. The summed E-state index contributed by atoms with van der Waals surface area (Å²) < 4.78 is 0. The molecule has 2 N–H and O–H groups in total. The van der Waals surface area contributed by atoms with Crippen molar-refractivity contribution in [3.63, 3.8) is 0 Å². The van der Waals surface area contributed by atoms with Crippen LogP contribution in [0, 0.1) is 10.8 Å². The normalized spacial score (nSPS) is 20.5. The van der Waals surface area contributed by atoms with E-state index in [9.17, 15) is 4.79 Å². The molecule has 0 saturated heterocycles. The Labute approximate surface area is 111 Å². The number of aromatic nitrogens is 1. The number of rotatable bonds is 3.